The molecule has 0 radical (unpaired) electrons. The fourth-order valence-corrected chi connectivity index (χ4v) is 2.08. The summed E-state index contributed by atoms with van der Waals surface area (Å²) in [6, 6.07) is 0. The molecule has 1 saturated heterocycles. The molecule has 7 heteroatoms. The van der Waals surface area contributed by atoms with Gasteiger partial charge in [0.15, 0.2) is 0 Å². The molecule has 1 aromatic heterocycles. The second kappa shape index (κ2) is 4.80. The highest BCUT2D eigenvalue weighted by atomic mass is 16.6. The Bertz CT molecular complexity index is 466. The molecule has 0 spiro atoms. The normalized spacial score (nSPS) is 23.7. The van der Waals surface area contributed by atoms with Crippen LogP contribution in [0.15, 0.2) is 6.20 Å². The number of ether oxygens (including phenoxy) is 1. The maximum Gasteiger partial charge on any atom is 0.410 e. The number of hydrogen-bond acceptors (Lipinski definition) is 5. The van der Waals surface area contributed by atoms with E-state index in [1.807, 2.05) is 20.8 Å². The van der Waals surface area contributed by atoms with Crippen molar-refractivity contribution in [2.24, 2.45) is 7.05 Å². The first kappa shape index (κ1) is 13.8. The number of aryl methyl sites for hydroxylation is 1. The third-order valence-corrected chi connectivity index (χ3v) is 2.94. The van der Waals surface area contributed by atoms with Crippen molar-refractivity contribution in [1.29, 1.82) is 0 Å². The van der Waals surface area contributed by atoms with E-state index in [1.165, 1.54) is 9.70 Å². The Labute approximate surface area is 112 Å². The van der Waals surface area contributed by atoms with Crippen molar-refractivity contribution in [1.82, 2.24) is 19.9 Å². The summed E-state index contributed by atoms with van der Waals surface area (Å²) < 4.78 is 5.29. The van der Waals surface area contributed by atoms with Crippen LogP contribution >= 0.6 is 0 Å². The zero-order valence-electron chi connectivity index (χ0n) is 11.7. The van der Waals surface area contributed by atoms with Crippen LogP contribution in [0, 0.1) is 0 Å². The molecular weight excluding hydrogens is 248 g/mol. The van der Waals surface area contributed by atoms with Crippen LogP contribution in [0.1, 0.15) is 32.4 Å². The predicted octanol–water partition coefficient (Wildman–Crippen LogP) is 0.510. The molecule has 1 amide bonds. The third-order valence-electron chi connectivity index (χ3n) is 2.94. The van der Waals surface area contributed by atoms with E-state index in [0.717, 1.165) is 0 Å². The van der Waals surface area contributed by atoms with Crippen molar-refractivity contribution in [2.45, 2.75) is 38.4 Å². The summed E-state index contributed by atoms with van der Waals surface area (Å²) in [4.78, 5) is 14.9. The van der Waals surface area contributed by atoms with Gasteiger partial charge in [-0.2, -0.15) is 15.0 Å². The quantitative estimate of drug-likeness (QED) is 0.802. The van der Waals surface area contributed by atoms with Crippen molar-refractivity contribution < 1.29 is 14.6 Å². The van der Waals surface area contributed by atoms with Gasteiger partial charge in [-0.25, -0.2) is 4.79 Å². The monoisotopic (exact) mass is 268 g/mol. The lowest BCUT2D eigenvalue weighted by molar-refractivity contribution is 0.0270. The highest BCUT2D eigenvalue weighted by Crippen LogP contribution is 2.27. The fourth-order valence-electron chi connectivity index (χ4n) is 2.08. The number of aliphatic hydroxyl groups excluding tert-OH is 1. The molecule has 0 saturated carbocycles. The summed E-state index contributed by atoms with van der Waals surface area (Å²) in [6.45, 7) is 6.11. The lowest BCUT2D eigenvalue weighted by Gasteiger charge is -2.24. The van der Waals surface area contributed by atoms with E-state index in [0.29, 0.717) is 12.2 Å². The largest absolute Gasteiger partial charge is 0.444 e. The number of carbonyl (C=O) groups is 1. The minimum absolute atomic E-state index is 0.207. The van der Waals surface area contributed by atoms with Crippen LogP contribution < -0.4 is 0 Å². The van der Waals surface area contributed by atoms with Crippen molar-refractivity contribution in [3.63, 3.8) is 0 Å². The van der Waals surface area contributed by atoms with Crippen LogP contribution in [-0.2, 0) is 11.8 Å². The average molecular weight is 268 g/mol. The Morgan fingerprint density at radius 1 is 1.47 bits per heavy atom. The molecule has 19 heavy (non-hydrogen) atoms. The summed E-state index contributed by atoms with van der Waals surface area (Å²) in [5.74, 6) is -0.207. The molecule has 7 nitrogen and oxygen atoms in total. The topological polar surface area (TPSA) is 80.5 Å². The Morgan fingerprint density at radius 3 is 2.68 bits per heavy atom. The molecule has 1 aliphatic rings. The SMILES string of the molecule is Cn1ncc([C@@H]2CN(C(=O)OC(C)(C)C)C[C@H]2O)n1. The van der Waals surface area contributed by atoms with E-state index in [4.69, 9.17) is 4.74 Å². The zero-order chi connectivity index (χ0) is 14.2. The first-order chi connectivity index (χ1) is 8.76. The predicted molar refractivity (Wildman–Crippen MR) is 67.6 cm³/mol. The highest BCUT2D eigenvalue weighted by Gasteiger charge is 2.38. The van der Waals surface area contributed by atoms with E-state index in [2.05, 4.69) is 10.2 Å². The lowest BCUT2D eigenvalue weighted by Crippen LogP contribution is -2.35. The maximum atomic E-state index is 11.9. The summed E-state index contributed by atoms with van der Waals surface area (Å²) in [5, 5.41) is 18.2. The standard InChI is InChI=1S/C12H20N4O3/c1-12(2,3)19-11(18)16-6-8(10(17)7-16)9-5-13-15(4)14-9/h5,8,10,17H,6-7H2,1-4H3/t8-,10+/m0/s1. The minimum Gasteiger partial charge on any atom is -0.444 e. The maximum absolute atomic E-state index is 11.9. The molecule has 106 valence electrons. The second-order valence-electron chi connectivity index (χ2n) is 5.82. The summed E-state index contributed by atoms with van der Waals surface area (Å²) in [5.41, 5.74) is 0.160. The molecular formula is C12H20N4O3. The number of amides is 1. The van der Waals surface area contributed by atoms with Crippen LogP contribution in [0.2, 0.25) is 0 Å². The first-order valence-corrected chi connectivity index (χ1v) is 6.28. The Balaban J connectivity index is 2.03. The van der Waals surface area contributed by atoms with Gasteiger partial charge in [0.05, 0.1) is 30.5 Å². The minimum atomic E-state index is -0.635. The van der Waals surface area contributed by atoms with Gasteiger partial charge in [-0.05, 0) is 20.8 Å². The van der Waals surface area contributed by atoms with Crippen molar-refractivity contribution in [3.8, 4) is 0 Å². The van der Waals surface area contributed by atoms with Crippen molar-refractivity contribution >= 4 is 6.09 Å². The molecule has 2 rings (SSSR count). The van der Waals surface area contributed by atoms with Crippen LogP contribution in [0.3, 0.4) is 0 Å². The van der Waals surface area contributed by atoms with E-state index >= 15 is 0 Å². The van der Waals surface area contributed by atoms with Gasteiger partial charge in [0.1, 0.15) is 5.60 Å². The van der Waals surface area contributed by atoms with Gasteiger partial charge < -0.3 is 14.7 Å². The molecule has 0 aliphatic carbocycles. The number of aromatic nitrogens is 3. The lowest BCUT2D eigenvalue weighted by atomic mass is 10.0. The van der Waals surface area contributed by atoms with Crippen LogP contribution in [0.4, 0.5) is 4.79 Å². The van der Waals surface area contributed by atoms with E-state index in [-0.39, 0.29) is 12.5 Å². The molecule has 0 unspecified atom stereocenters. The Kier molecular flexibility index (Phi) is 3.49. The Hall–Kier alpha value is -1.63. The molecule has 1 aliphatic heterocycles. The number of nitrogens with zero attached hydrogens (tertiary/aromatic N) is 4. The molecule has 2 atom stereocenters. The second-order valence-corrected chi connectivity index (χ2v) is 5.82. The first-order valence-electron chi connectivity index (χ1n) is 6.28. The number of β-amino-alcohol motifs (C(OH)–C–C–N with tert-alkyl or cyclic N) is 1. The Morgan fingerprint density at radius 2 is 2.16 bits per heavy atom. The molecule has 1 aromatic rings. The van der Waals surface area contributed by atoms with Gasteiger partial charge in [-0.1, -0.05) is 0 Å². The summed E-state index contributed by atoms with van der Waals surface area (Å²) in [6.07, 6.45) is 0.578. The molecule has 1 N–H and O–H groups in total. The molecule has 2 heterocycles. The van der Waals surface area contributed by atoms with E-state index < -0.39 is 17.8 Å². The van der Waals surface area contributed by atoms with Gasteiger partial charge in [0, 0.05) is 13.6 Å². The highest BCUT2D eigenvalue weighted by molar-refractivity contribution is 5.68. The van der Waals surface area contributed by atoms with Gasteiger partial charge >= 0.3 is 6.09 Å². The summed E-state index contributed by atoms with van der Waals surface area (Å²) in [7, 11) is 1.72. The number of rotatable bonds is 1. The smallest absolute Gasteiger partial charge is 0.410 e. The zero-order valence-corrected chi connectivity index (χ0v) is 11.7. The van der Waals surface area contributed by atoms with Gasteiger partial charge in [-0.15, -0.1) is 0 Å². The van der Waals surface area contributed by atoms with E-state index in [9.17, 15) is 9.90 Å². The molecule has 0 bridgehead atoms. The van der Waals surface area contributed by atoms with Crippen LogP contribution in [-0.4, -0.2) is 55.9 Å². The summed E-state index contributed by atoms with van der Waals surface area (Å²) >= 11 is 0. The number of carbonyl (C=O) groups excluding carboxylic acids is 1. The van der Waals surface area contributed by atoms with Crippen LogP contribution in [0.5, 0.6) is 0 Å². The van der Waals surface area contributed by atoms with Gasteiger partial charge in [0.25, 0.3) is 0 Å². The fraction of sp³-hybridized carbons (Fsp3) is 0.750. The van der Waals surface area contributed by atoms with Gasteiger partial charge in [-0.3, -0.25) is 0 Å². The van der Waals surface area contributed by atoms with Crippen molar-refractivity contribution in [2.75, 3.05) is 13.1 Å². The third kappa shape index (κ3) is 3.23. The number of likely N-dealkylation sites (tertiary alicyclic amines) is 1. The average Bonchev–Trinajstić information content (AvgIpc) is 2.82. The molecule has 0 aromatic carbocycles. The van der Waals surface area contributed by atoms with Crippen molar-refractivity contribution in [3.05, 3.63) is 11.9 Å². The number of aliphatic hydroxyl groups is 1. The van der Waals surface area contributed by atoms with Crippen LogP contribution in [0.25, 0.3) is 0 Å². The number of hydrogen-bond donors (Lipinski definition) is 1. The van der Waals surface area contributed by atoms with E-state index in [1.54, 1.807) is 13.2 Å². The molecule has 1 fully saturated rings. The van der Waals surface area contributed by atoms with Gasteiger partial charge in [0.2, 0.25) is 0 Å².